The Morgan fingerprint density at radius 1 is 0.733 bits per heavy atom. The first kappa shape index (κ1) is 18.4. The number of ether oxygens (including phenoxy) is 1. The van der Waals surface area contributed by atoms with Crippen LogP contribution in [0.15, 0.2) is 102 Å². The summed E-state index contributed by atoms with van der Waals surface area (Å²) in [4.78, 5) is 12.5. The van der Waals surface area contributed by atoms with Gasteiger partial charge in [-0.2, -0.15) is 0 Å². The Kier molecular flexibility index (Phi) is 4.94. The first-order valence-electron chi connectivity index (χ1n) is 10.4. The molecular weight excluding hydrogens is 370 g/mol. The van der Waals surface area contributed by atoms with E-state index in [1.807, 2.05) is 59.3 Å². The fourth-order valence-electron chi connectivity index (χ4n) is 4.26. The Morgan fingerprint density at radius 2 is 1.37 bits per heavy atom. The predicted octanol–water partition coefficient (Wildman–Crippen LogP) is 5.77. The van der Waals surface area contributed by atoms with Crippen molar-refractivity contribution in [3.05, 3.63) is 130 Å². The van der Waals surface area contributed by atoms with Crippen molar-refractivity contribution in [1.82, 2.24) is 4.57 Å². The number of hydrogen-bond donors (Lipinski definition) is 0. The van der Waals surface area contributed by atoms with E-state index >= 15 is 0 Å². The summed E-state index contributed by atoms with van der Waals surface area (Å²) in [6.07, 6.45) is 3.91. The van der Waals surface area contributed by atoms with Gasteiger partial charge < -0.3 is 9.30 Å². The summed E-state index contributed by atoms with van der Waals surface area (Å²) in [5.41, 5.74) is 4.71. The maximum atomic E-state index is 12.5. The van der Waals surface area contributed by atoms with E-state index in [1.54, 1.807) is 6.07 Å². The van der Waals surface area contributed by atoms with Crippen LogP contribution in [0.2, 0.25) is 0 Å². The number of fused-ring (bicyclic) bond motifs is 2. The number of rotatable bonds is 5. The molecular formula is C27H23NO2. The average molecular weight is 393 g/mol. The van der Waals surface area contributed by atoms with Crippen LogP contribution >= 0.6 is 0 Å². The van der Waals surface area contributed by atoms with Crippen molar-refractivity contribution in [2.45, 2.75) is 25.3 Å². The molecule has 3 aromatic carbocycles. The van der Waals surface area contributed by atoms with Crippen LogP contribution in [0.4, 0.5) is 0 Å². The van der Waals surface area contributed by atoms with Crippen LogP contribution in [0.3, 0.4) is 0 Å². The van der Waals surface area contributed by atoms with E-state index in [2.05, 4.69) is 36.4 Å². The van der Waals surface area contributed by atoms with Gasteiger partial charge in [-0.25, -0.2) is 0 Å². The lowest BCUT2D eigenvalue weighted by Crippen LogP contribution is -2.21. The molecule has 1 aromatic heterocycles. The van der Waals surface area contributed by atoms with Gasteiger partial charge in [-0.05, 0) is 36.1 Å². The lowest BCUT2D eigenvalue weighted by atomic mass is 9.83. The number of hydrogen-bond acceptors (Lipinski definition) is 2. The van der Waals surface area contributed by atoms with Crippen LogP contribution in [-0.2, 0) is 13.0 Å². The average Bonchev–Trinajstić information content (AvgIpc) is 2.79. The topological polar surface area (TPSA) is 31.2 Å². The molecule has 0 radical (unpaired) electrons. The third-order valence-corrected chi connectivity index (χ3v) is 5.73. The van der Waals surface area contributed by atoms with Crippen molar-refractivity contribution in [1.29, 1.82) is 0 Å². The number of aryl methyl sites for hydroxylation is 2. The minimum absolute atomic E-state index is 0.0421. The molecule has 0 spiro atoms. The molecule has 3 nitrogen and oxygen atoms in total. The second-order valence-corrected chi connectivity index (χ2v) is 7.69. The Bertz CT molecular complexity index is 1180. The second kappa shape index (κ2) is 8.03. The van der Waals surface area contributed by atoms with E-state index in [1.165, 1.54) is 5.56 Å². The lowest BCUT2D eigenvalue weighted by Gasteiger charge is -2.28. The zero-order chi connectivity index (χ0) is 20.3. The van der Waals surface area contributed by atoms with Gasteiger partial charge in [-0.15, -0.1) is 0 Å². The molecule has 0 N–H and O–H groups in total. The molecule has 148 valence electrons. The van der Waals surface area contributed by atoms with E-state index in [9.17, 15) is 4.79 Å². The first-order valence-corrected chi connectivity index (χ1v) is 10.4. The predicted molar refractivity (Wildman–Crippen MR) is 119 cm³/mol. The van der Waals surface area contributed by atoms with Gasteiger partial charge in [0.2, 0.25) is 0 Å². The van der Waals surface area contributed by atoms with Gasteiger partial charge in [0.05, 0.1) is 0 Å². The van der Waals surface area contributed by atoms with Crippen molar-refractivity contribution >= 4 is 0 Å². The molecule has 0 bridgehead atoms. The molecule has 1 aliphatic rings. The van der Waals surface area contributed by atoms with Gasteiger partial charge in [0.1, 0.15) is 11.5 Å². The van der Waals surface area contributed by atoms with E-state index in [-0.39, 0.29) is 11.5 Å². The van der Waals surface area contributed by atoms with Crippen molar-refractivity contribution in [3.8, 4) is 11.5 Å². The molecule has 5 rings (SSSR count). The lowest BCUT2D eigenvalue weighted by molar-refractivity contribution is 0.452. The van der Waals surface area contributed by atoms with E-state index < -0.39 is 0 Å². The first-order chi connectivity index (χ1) is 14.8. The largest absolute Gasteiger partial charge is 0.457 e. The third kappa shape index (κ3) is 3.55. The minimum Gasteiger partial charge on any atom is -0.457 e. The Morgan fingerprint density at radius 3 is 2.07 bits per heavy atom. The summed E-state index contributed by atoms with van der Waals surface area (Å²) in [5.74, 6) is 1.80. The zero-order valence-corrected chi connectivity index (χ0v) is 16.7. The maximum Gasteiger partial charge on any atom is 0.250 e. The number of para-hydroxylation sites is 2. The molecule has 2 heterocycles. The fourth-order valence-corrected chi connectivity index (χ4v) is 4.26. The number of aromatic nitrogens is 1. The summed E-state index contributed by atoms with van der Waals surface area (Å²) in [6, 6.07) is 30.4. The van der Waals surface area contributed by atoms with E-state index in [0.29, 0.717) is 6.54 Å². The molecule has 0 saturated heterocycles. The summed E-state index contributed by atoms with van der Waals surface area (Å²) in [7, 11) is 0. The molecule has 0 atom stereocenters. The number of pyridine rings is 1. The van der Waals surface area contributed by atoms with Crippen LogP contribution in [0.1, 0.15) is 34.6 Å². The molecule has 4 aromatic rings. The summed E-state index contributed by atoms with van der Waals surface area (Å²) in [6.45, 7) is 0.702. The summed E-state index contributed by atoms with van der Waals surface area (Å²) < 4.78 is 7.97. The molecule has 0 amide bonds. The zero-order valence-electron chi connectivity index (χ0n) is 16.7. The Hall–Kier alpha value is -3.59. The summed E-state index contributed by atoms with van der Waals surface area (Å²) in [5, 5.41) is 0. The Labute approximate surface area is 176 Å². The third-order valence-electron chi connectivity index (χ3n) is 5.73. The van der Waals surface area contributed by atoms with Gasteiger partial charge in [-0.3, -0.25) is 4.79 Å². The molecule has 30 heavy (non-hydrogen) atoms. The Balaban J connectivity index is 1.48. The molecule has 0 saturated carbocycles. The maximum absolute atomic E-state index is 12.5. The van der Waals surface area contributed by atoms with Crippen molar-refractivity contribution in [3.63, 3.8) is 0 Å². The van der Waals surface area contributed by atoms with Gasteiger partial charge in [0, 0.05) is 35.9 Å². The van der Waals surface area contributed by atoms with Gasteiger partial charge >= 0.3 is 0 Å². The van der Waals surface area contributed by atoms with Gasteiger partial charge in [-0.1, -0.05) is 72.8 Å². The molecule has 0 aliphatic carbocycles. The highest BCUT2D eigenvalue weighted by atomic mass is 16.5. The standard InChI is InChI=1S/C27H23NO2/c29-26-17-16-21(19-28(26)18-8-11-20-9-2-1-3-10-20)27-22-12-4-6-14-24(22)30-25-15-7-5-13-23(25)27/h1-7,9-10,12-17,19,27H,8,11,18H2. The van der Waals surface area contributed by atoms with Crippen LogP contribution < -0.4 is 10.3 Å². The quantitative estimate of drug-likeness (QED) is 0.380. The van der Waals surface area contributed by atoms with Gasteiger partial charge in [0.15, 0.2) is 0 Å². The number of benzene rings is 3. The normalized spacial score (nSPS) is 12.7. The highest BCUT2D eigenvalue weighted by Crippen LogP contribution is 2.46. The van der Waals surface area contributed by atoms with Crippen LogP contribution in [0.25, 0.3) is 0 Å². The molecule has 0 fully saturated rings. The highest BCUT2D eigenvalue weighted by Gasteiger charge is 2.28. The fraction of sp³-hybridized carbons (Fsp3) is 0.148. The van der Waals surface area contributed by atoms with Crippen LogP contribution in [0, 0.1) is 0 Å². The minimum atomic E-state index is 0.0421. The van der Waals surface area contributed by atoms with Gasteiger partial charge in [0.25, 0.3) is 5.56 Å². The van der Waals surface area contributed by atoms with Crippen LogP contribution in [-0.4, -0.2) is 4.57 Å². The monoisotopic (exact) mass is 393 g/mol. The van der Waals surface area contributed by atoms with Crippen molar-refractivity contribution < 1.29 is 4.74 Å². The summed E-state index contributed by atoms with van der Waals surface area (Å²) >= 11 is 0. The second-order valence-electron chi connectivity index (χ2n) is 7.69. The van der Waals surface area contributed by atoms with Crippen LogP contribution in [0.5, 0.6) is 11.5 Å². The molecule has 0 unspecified atom stereocenters. The van der Waals surface area contributed by atoms with E-state index in [4.69, 9.17) is 4.74 Å². The smallest absolute Gasteiger partial charge is 0.250 e. The van der Waals surface area contributed by atoms with Crippen molar-refractivity contribution in [2.24, 2.45) is 0 Å². The highest BCUT2D eigenvalue weighted by molar-refractivity contribution is 5.57. The molecule has 1 aliphatic heterocycles. The van der Waals surface area contributed by atoms with E-state index in [0.717, 1.165) is 41.0 Å². The van der Waals surface area contributed by atoms with Crippen molar-refractivity contribution in [2.75, 3.05) is 0 Å². The molecule has 3 heteroatoms. The number of nitrogens with zero attached hydrogens (tertiary/aromatic N) is 1. The SMILES string of the molecule is O=c1ccc(C2c3ccccc3Oc3ccccc32)cn1CCCc1ccccc1.